The van der Waals surface area contributed by atoms with Gasteiger partial charge in [-0.25, -0.2) is 0 Å². The average molecular weight is 214 g/mol. The van der Waals surface area contributed by atoms with Gasteiger partial charge in [-0.3, -0.25) is 4.79 Å². The molecule has 1 atom stereocenters. The SMILES string of the molecule is CC(N)(CCCCOC1CCC1)C(N)=O. The molecule has 0 radical (unpaired) electrons. The fourth-order valence-corrected chi connectivity index (χ4v) is 1.50. The molecule has 1 saturated carbocycles. The Balaban J connectivity index is 1.98. The lowest BCUT2D eigenvalue weighted by atomic mass is 9.95. The second kappa shape index (κ2) is 5.47. The van der Waals surface area contributed by atoms with Gasteiger partial charge in [0.1, 0.15) is 0 Å². The first-order chi connectivity index (χ1) is 7.02. The number of carbonyl (C=O) groups excluding carboxylic acids is 1. The highest BCUT2D eigenvalue weighted by Gasteiger charge is 2.24. The third kappa shape index (κ3) is 4.18. The molecule has 1 amide bonds. The van der Waals surface area contributed by atoms with Crippen molar-refractivity contribution in [2.75, 3.05) is 6.61 Å². The number of nitrogens with two attached hydrogens (primary N) is 2. The van der Waals surface area contributed by atoms with E-state index in [2.05, 4.69) is 0 Å². The lowest BCUT2D eigenvalue weighted by Crippen LogP contribution is -2.49. The maximum atomic E-state index is 10.9. The van der Waals surface area contributed by atoms with Crippen molar-refractivity contribution in [1.82, 2.24) is 0 Å². The van der Waals surface area contributed by atoms with E-state index in [1.165, 1.54) is 19.3 Å². The van der Waals surface area contributed by atoms with Gasteiger partial charge in [0.2, 0.25) is 5.91 Å². The summed E-state index contributed by atoms with van der Waals surface area (Å²) in [5.41, 5.74) is 10.0. The monoisotopic (exact) mass is 214 g/mol. The zero-order valence-electron chi connectivity index (χ0n) is 9.50. The van der Waals surface area contributed by atoms with Crippen LogP contribution < -0.4 is 11.5 Å². The van der Waals surface area contributed by atoms with E-state index in [0.29, 0.717) is 12.5 Å². The molecule has 1 unspecified atom stereocenters. The number of unbranched alkanes of at least 4 members (excludes halogenated alkanes) is 1. The van der Waals surface area contributed by atoms with Crippen molar-refractivity contribution in [3.63, 3.8) is 0 Å². The highest BCUT2D eigenvalue weighted by atomic mass is 16.5. The van der Waals surface area contributed by atoms with E-state index in [9.17, 15) is 4.79 Å². The second-order valence-electron chi connectivity index (χ2n) is 4.66. The Kier molecular flexibility index (Phi) is 4.54. The minimum absolute atomic E-state index is 0.428. The number of rotatable bonds is 7. The van der Waals surface area contributed by atoms with Gasteiger partial charge in [-0.2, -0.15) is 0 Å². The van der Waals surface area contributed by atoms with Gasteiger partial charge in [-0.15, -0.1) is 0 Å². The Morgan fingerprint density at radius 1 is 1.47 bits per heavy atom. The first-order valence-electron chi connectivity index (χ1n) is 5.73. The first kappa shape index (κ1) is 12.5. The number of amides is 1. The zero-order valence-corrected chi connectivity index (χ0v) is 9.50. The number of hydrogen-bond donors (Lipinski definition) is 2. The number of primary amides is 1. The maximum absolute atomic E-state index is 10.9. The molecule has 0 aromatic heterocycles. The Labute approximate surface area is 91.3 Å². The summed E-state index contributed by atoms with van der Waals surface area (Å²) in [5, 5.41) is 0. The molecule has 15 heavy (non-hydrogen) atoms. The van der Waals surface area contributed by atoms with Gasteiger partial charge in [-0.1, -0.05) is 0 Å². The average Bonchev–Trinajstić information content (AvgIpc) is 2.07. The summed E-state index contributed by atoms with van der Waals surface area (Å²) in [5.74, 6) is -0.428. The molecule has 0 aromatic carbocycles. The Morgan fingerprint density at radius 2 is 2.13 bits per heavy atom. The Bertz CT molecular complexity index is 213. The predicted molar refractivity (Wildman–Crippen MR) is 59.2 cm³/mol. The van der Waals surface area contributed by atoms with E-state index in [1.54, 1.807) is 6.92 Å². The molecular formula is C11H22N2O2. The van der Waals surface area contributed by atoms with E-state index < -0.39 is 11.4 Å². The lowest BCUT2D eigenvalue weighted by molar-refractivity contribution is -0.122. The van der Waals surface area contributed by atoms with Crippen molar-refractivity contribution in [2.45, 2.75) is 57.1 Å². The maximum Gasteiger partial charge on any atom is 0.237 e. The summed E-state index contributed by atoms with van der Waals surface area (Å²) in [6.07, 6.45) is 6.68. The van der Waals surface area contributed by atoms with Crippen LogP contribution in [0.5, 0.6) is 0 Å². The van der Waals surface area contributed by atoms with Gasteiger partial charge in [0.15, 0.2) is 0 Å². The van der Waals surface area contributed by atoms with Crippen LogP contribution in [0.4, 0.5) is 0 Å². The van der Waals surface area contributed by atoms with E-state index in [1.807, 2.05) is 0 Å². The van der Waals surface area contributed by atoms with Crippen molar-refractivity contribution in [1.29, 1.82) is 0 Å². The standard InChI is InChI=1S/C11H22N2O2/c1-11(13,10(12)14)7-2-3-8-15-9-5-4-6-9/h9H,2-8,13H2,1H3,(H2,12,14). The van der Waals surface area contributed by atoms with E-state index >= 15 is 0 Å². The highest BCUT2D eigenvalue weighted by Crippen LogP contribution is 2.22. The van der Waals surface area contributed by atoms with Crippen molar-refractivity contribution in [2.24, 2.45) is 11.5 Å². The minimum atomic E-state index is -0.865. The molecule has 4 nitrogen and oxygen atoms in total. The highest BCUT2D eigenvalue weighted by molar-refractivity contribution is 5.83. The van der Waals surface area contributed by atoms with Gasteiger partial charge in [-0.05, 0) is 45.4 Å². The third-order valence-electron chi connectivity index (χ3n) is 3.06. The fourth-order valence-electron chi connectivity index (χ4n) is 1.50. The van der Waals surface area contributed by atoms with Crippen LogP contribution in [-0.4, -0.2) is 24.2 Å². The van der Waals surface area contributed by atoms with Crippen LogP contribution in [0.1, 0.15) is 45.4 Å². The number of hydrogen-bond acceptors (Lipinski definition) is 3. The van der Waals surface area contributed by atoms with Gasteiger partial charge in [0, 0.05) is 6.61 Å². The van der Waals surface area contributed by atoms with Gasteiger partial charge in [0.25, 0.3) is 0 Å². The molecule has 0 saturated heterocycles. The topological polar surface area (TPSA) is 78.3 Å². The van der Waals surface area contributed by atoms with Gasteiger partial charge in [0.05, 0.1) is 11.6 Å². The van der Waals surface area contributed by atoms with Crippen LogP contribution in [0.3, 0.4) is 0 Å². The van der Waals surface area contributed by atoms with Gasteiger partial charge < -0.3 is 16.2 Å². The molecule has 0 aromatic rings. The van der Waals surface area contributed by atoms with Crippen LogP contribution in [0, 0.1) is 0 Å². The molecule has 88 valence electrons. The normalized spacial score (nSPS) is 20.7. The van der Waals surface area contributed by atoms with Crippen molar-refractivity contribution >= 4 is 5.91 Å². The summed E-state index contributed by atoms with van der Waals surface area (Å²) in [7, 11) is 0. The quantitative estimate of drug-likeness (QED) is 0.619. The van der Waals surface area contributed by atoms with Crippen molar-refractivity contribution in [3.8, 4) is 0 Å². The molecule has 4 N–H and O–H groups in total. The zero-order chi connectivity index (χ0) is 11.3. The smallest absolute Gasteiger partial charge is 0.237 e. The second-order valence-corrected chi connectivity index (χ2v) is 4.66. The van der Waals surface area contributed by atoms with Crippen LogP contribution in [0.2, 0.25) is 0 Å². The molecule has 0 spiro atoms. The molecule has 1 aliphatic carbocycles. The van der Waals surface area contributed by atoms with Gasteiger partial charge >= 0.3 is 0 Å². The molecule has 4 heteroatoms. The summed E-state index contributed by atoms with van der Waals surface area (Å²) >= 11 is 0. The molecule has 1 rings (SSSR count). The fraction of sp³-hybridized carbons (Fsp3) is 0.909. The van der Waals surface area contributed by atoms with Crippen molar-refractivity contribution < 1.29 is 9.53 Å². The van der Waals surface area contributed by atoms with Crippen LogP contribution in [0.15, 0.2) is 0 Å². The third-order valence-corrected chi connectivity index (χ3v) is 3.06. The predicted octanol–water partition coefficient (Wildman–Crippen LogP) is 0.929. The first-order valence-corrected chi connectivity index (χ1v) is 5.73. The Hall–Kier alpha value is -0.610. The minimum Gasteiger partial charge on any atom is -0.378 e. The van der Waals surface area contributed by atoms with Crippen LogP contribution in [-0.2, 0) is 9.53 Å². The largest absolute Gasteiger partial charge is 0.378 e. The molecular weight excluding hydrogens is 192 g/mol. The van der Waals surface area contributed by atoms with E-state index in [-0.39, 0.29) is 0 Å². The molecule has 1 aliphatic rings. The van der Waals surface area contributed by atoms with E-state index in [0.717, 1.165) is 19.4 Å². The molecule has 0 aliphatic heterocycles. The Morgan fingerprint density at radius 3 is 2.60 bits per heavy atom. The summed E-state index contributed by atoms with van der Waals surface area (Å²) in [4.78, 5) is 10.9. The molecule has 0 heterocycles. The van der Waals surface area contributed by atoms with Crippen molar-refractivity contribution in [3.05, 3.63) is 0 Å². The summed E-state index contributed by atoms with van der Waals surface area (Å²) in [6, 6.07) is 0. The number of carbonyl (C=O) groups is 1. The summed E-state index contributed by atoms with van der Waals surface area (Å²) < 4.78 is 5.60. The molecule has 0 bridgehead atoms. The lowest BCUT2D eigenvalue weighted by Gasteiger charge is -2.26. The number of ether oxygens (including phenoxy) is 1. The molecule has 1 fully saturated rings. The van der Waals surface area contributed by atoms with E-state index in [4.69, 9.17) is 16.2 Å². The summed E-state index contributed by atoms with van der Waals surface area (Å²) in [6.45, 7) is 2.46. The van der Waals surface area contributed by atoms with Crippen LogP contribution in [0.25, 0.3) is 0 Å². The van der Waals surface area contributed by atoms with Crippen LogP contribution >= 0.6 is 0 Å².